The maximum absolute atomic E-state index is 5.96. The maximum Gasteiger partial charge on any atom is 0.231 e. The molecule has 0 radical (unpaired) electrons. The second-order valence-electron chi connectivity index (χ2n) is 4.93. The van der Waals surface area contributed by atoms with E-state index in [4.69, 9.17) is 11.6 Å². The average molecular weight is 285 g/mol. The van der Waals surface area contributed by atoms with Crippen LogP contribution in [0.4, 0.5) is 11.9 Å². The molecule has 0 bridgehead atoms. The highest BCUT2D eigenvalue weighted by molar-refractivity contribution is 6.28. The minimum absolute atomic E-state index is 0.233. The predicted octanol–water partition coefficient (Wildman–Crippen LogP) is 1.49. The van der Waals surface area contributed by atoms with Gasteiger partial charge in [0.1, 0.15) is 0 Å². The minimum atomic E-state index is 0.233. The van der Waals surface area contributed by atoms with Crippen LogP contribution in [-0.4, -0.2) is 59.6 Å². The molecule has 1 aromatic heterocycles. The van der Waals surface area contributed by atoms with Crippen LogP contribution in [0.5, 0.6) is 0 Å². The van der Waals surface area contributed by atoms with Gasteiger partial charge in [-0.05, 0) is 45.0 Å². The normalized spacial score (nSPS) is 20.3. The Balaban J connectivity index is 2.15. The maximum atomic E-state index is 5.96. The van der Waals surface area contributed by atoms with Crippen LogP contribution in [0.15, 0.2) is 0 Å². The fraction of sp³-hybridized carbons (Fsp3) is 0.750. The third-order valence-electron chi connectivity index (χ3n) is 3.39. The molecule has 1 unspecified atom stereocenters. The van der Waals surface area contributed by atoms with Gasteiger partial charge in [-0.3, -0.25) is 0 Å². The van der Waals surface area contributed by atoms with Gasteiger partial charge < -0.3 is 15.1 Å². The van der Waals surface area contributed by atoms with Gasteiger partial charge in [-0.1, -0.05) is 0 Å². The van der Waals surface area contributed by atoms with Gasteiger partial charge >= 0.3 is 0 Å². The van der Waals surface area contributed by atoms with E-state index in [1.807, 2.05) is 14.0 Å². The highest BCUT2D eigenvalue weighted by Gasteiger charge is 2.23. The number of hydrogen-bond donors (Lipinski definition) is 1. The number of halogens is 1. The molecule has 6 nitrogen and oxygen atoms in total. The summed E-state index contributed by atoms with van der Waals surface area (Å²) in [6.07, 6.45) is 2.35. The van der Waals surface area contributed by atoms with Crippen molar-refractivity contribution in [2.24, 2.45) is 0 Å². The zero-order chi connectivity index (χ0) is 13.8. The quantitative estimate of drug-likeness (QED) is 0.904. The van der Waals surface area contributed by atoms with Crippen LogP contribution >= 0.6 is 11.6 Å². The van der Waals surface area contributed by atoms with Crippen molar-refractivity contribution in [3.63, 3.8) is 0 Å². The van der Waals surface area contributed by atoms with E-state index < -0.39 is 0 Å². The van der Waals surface area contributed by atoms with Gasteiger partial charge in [0.05, 0.1) is 0 Å². The van der Waals surface area contributed by atoms with Crippen LogP contribution in [0.2, 0.25) is 5.28 Å². The number of anilines is 2. The number of rotatable bonds is 4. The molecule has 1 fully saturated rings. The van der Waals surface area contributed by atoms with E-state index in [1.54, 1.807) is 0 Å². The van der Waals surface area contributed by atoms with Crippen LogP contribution in [0, 0.1) is 0 Å². The Morgan fingerprint density at radius 3 is 2.89 bits per heavy atom. The molecule has 0 aromatic carbocycles. The first-order valence-corrected chi connectivity index (χ1v) is 7.04. The fourth-order valence-electron chi connectivity index (χ4n) is 2.35. The van der Waals surface area contributed by atoms with Gasteiger partial charge in [-0.25, -0.2) is 0 Å². The van der Waals surface area contributed by atoms with Gasteiger partial charge in [0.15, 0.2) is 0 Å². The molecule has 1 atom stereocenters. The lowest BCUT2D eigenvalue weighted by molar-refractivity contribution is 0.247. The second-order valence-corrected chi connectivity index (χ2v) is 5.27. The lowest BCUT2D eigenvalue weighted by Gasteiger charge is -2.35. The van der Waals surface area contributed by atoms with Crippen molar-refractivity contribution in [2.75, 3.05) is 43.9 Å². The van der Waals surface area contributed by atoms with Crippen molar-refractivity contribution in [3.8, 4) is 0 Å². The first-order valence-electron chi connectivity index (χ1n) is 6.67. The van der Waals surface area contributed by atoms with E-state index in [2.05, 4.69) is 37.1 Å². The number of nitrogens with one attached hydrogen (secondary N) is 1. The van der Waals surface area contributed by atoms with Crippen molar-refractivity contribution >= 4 is 23.5 Å². The molecule has 1 N–H and O–H groups in total. The Bertz CT molecular complexity index is 427. The van der Waals surface area contributed by atoms with Crippen LogP contribution in [0.1, 0.15) is 19.8 Å². The molecular formula is C12H21ClN6. The van der Waals surface area contributed by atoms with Gasteiger partial charge in [0, 0.05) is 26.2 Å². The first kappa shape index (κ1) is 14.3. The van der Waals surface area contributed by atoms with E-state index >= 15 is 0 Å². The topological polar surface area (TPSA) is 57.2 Å². The van der Waals surface area contributed by atoms with Gasteiger partial charge in [0.25, 0.3) is 0 Å². The molecule has 1 aromatic rings. The molecular weight excluding hydrogens is 264 g/mol. The van der Waals surface area contributed by atoms with Crippen LogP contribution in [0.25, 0.3) is 0 Å². The number of piperidine rings is 1. The van der Waals surface area contributed by atoms with Crippen LogP contribution < -0.4 is 10.2 Å². The molecule has 2 heterocycles. The highest BCUT2D eigenvalue weighted by atomic mass is 35.5. The molecule has 1 saturated heterocycles. The molecule has 0 amide bonds. The Morgan fingerprint density at radius 1 is 1.42 bits per heavy atom. The van der Waals surface area contributed by atoms with Crippen molar-refractivity contribution in [2.45, 2.75) is 25.8 Å². The third-order valence-corrected chi connectivity index (χ3v) is 3.56. The van der Waals surface area contributed by atoms with Crippen molar-refractivity contribution in [1.29, 1.82) is 0 Å². The first-order chi connectivity index (χ1) is 9.10. The fourth-order valence-corrected chi connectivity index (χ4v) is 2.51. The summed E-state index contributed by atoms with van der Waals surface area (Å²) in [5.41, 5.74) is 0. The molecule has 2 rings (SSSR count). The number of likely N-dealkylation sites (N-methyl/N-ethyl adjacent to an activating group) is 2. The Hall–Kier alpha value is -1.14. The number of hydrogen-bond acceptors (Lipinski definition) is 6. The van der Waals surface area contributed by atoms with Crippen LogP contribution in [-0.2, 0) is 0 Å². The molecule has 0 spiro atoms. The average Bonchev–Trinajstić information content (AvgIpc) is 2.37. The summed E-state index contributed by atoms with van der Waals surface area (Å²) in [5, 5.41) is 3.30. The Labute approximate surface area is 119 Å². The molecule has 0 saturated carbocycles. The molecule has 19 heavy (non-hydrogen) atoms. The van der Waals surface area contributed by atoms with Crippen LogP contribution in [0.3, 0.4) is 0 Å². The van der Waals surface area contributed by atoms with E-state index in [-0.39, 0.29) is 5.28 Å². The standard InChI is InChI=1S/C12H21ClN6/c1-4-14-11-15-10(13)16-12(17-11)19(3)9-6-5-7-18(2)8-9/h9H,4-8H2,1-3H3,(H,14,15,16,17). The lowest BCUT2D eigenvalue weighted by Crippen LogP contribution is -2.45. The van der Waals surface area contributed by atoms with Crippen molar-refractivity contribution in [3.05, 3.63) is 5.28 Å². The van der Waals surface area contributed by atoms with E-state index in [9.17, 15) is 0 Å². The summed E-state index contributed by atoms with van der Waals surface area (Å²) in [5.74, 6) is 1.17. The molecule has 0 aliphatic carbocycles. The Kier molecular flexibility index (Phi) is 4.76. The van der Waals surface area contributed by atoms with Crippen molar-refractivity contribution < 1.29 is 0 Å². The number of aromatic nitrogens is 3. The lowest BCUT2D eigenvalue weighted by atomic mass is 10.1. The minimum Gasteiger partial charge on any atom is -0.354 e. The number of nitrogens with zero attached hydrogens (tertiary/aromatic N) is 5. The summed E-state index contributed by atoms with van der Waals surface area (Å²) < 4.78 is 0. The zero-order valence-electron chi connectivity index (χ0n) is 11.7. The van der Waals surface area contributed by atoms with Gasteiger partial charge in [-0.15, -0.1) is 0 Å². The van der Waals surface area contributed by atoms with E-state index in [1.165, 1.54) is 6.42 Å². The largest absolute Gasteiger partial charge is 0.354 e. The SMILES string of the molecule is CCNc1nc(Cl)nc(N(C)C2CCCN(C)C2)n1. The Morgan fingerprint density at radius 2 is 2.21 bits per heavy atom. The third kappa shape index (κ3) is 3.67. The number of likely N-dealkylation sites (tertiary alicyclic amines) is 1. The summed E-state index contributed by atoms with van der Waals surface area (Å²) >= 11 is 5.96. The molecule has 1 aliphatic rings. The van der Waals surface area contributed by atoms with Crippen molar-refractivity contribution in [1.82, 2.24) is 19.9 Å². The summed E-state index contributed by atoms with van der Waals surface area (Å²) in [6.45, 7) is 4.94. The zero-order valence-corrected chi connectivity index (χ0v) is 12.5. The van der Waals surface area contributed by atoms with E-state index in [0.717, 1.165) is 26.1 Å². The summed E-state index contributed by atoms with van der Waals surface area (Å²) in [4.78, 5) is 17.1. The van der Waals surface area contributed by atoms with E-state index in [0.29, 0.717) is 17.9 Å². The highest BCUT2D eigenvalue weighted by Crippen LogP contribution is 2.19. The molecule has 1 aliphatic heterocycles. The summed E-state index contributed by atoms with van der Waals surface area (Å²) in [7, 11) is 4.16. The van der Waals surface area contributed by atoms with Gasteiger partial charge in [0.2, 0.25) is 17.2 Å². The molecule has 7 heteroatoms. The predicted molar refractivity (Wildman–Crippen MR) is 77.9 cm³/mol. The smallest absolute Gasteiger partial charge is 0.231 e. The van der Waals surface area contributed by atoms with Gasteiger partial charge in [-0.2, -0.15) is 15.0 Å². The summed E-state index contributed by atoms with van der Waals surface area (Å²) in [6, 6.07) is 0.423. The monoisotopic (exact) mass is 284 g/mol. The second kappa shape index (κ2) is 6.34. The molecule has 106 valence electrons.